The quantitative estimate of drug-likeness (QED) is 0.618. The zero-order chi connectivity index (χ0) is 21.2. The molecule has 9 heteroatoms. The molecule has 31 heavy (non-hydrogen) atoms. The molecule has 0 unspecified atom stereocenters. The molecule has 162 valence electrons. The predicted molar refractivity (Wildman–Crippen MR) is 119 cm³/mol. The van der Waals surface area contributed by atoms with Crippen LogP contribution in [0.3, 0.4) is 0 Å². The average molecular weight is 439 g/mol. The highest BCUT2D eigenvalue weighted by atomic mass is 32.1. The van der Waals surface area contributed by atoms with Crippen molar-refractivity contribution >= 4 is 28.0 Å². The van der Waals surface area contributed by atoms with Gasteiger partial charge in [0, 0.05) is 50.0 Å². The van der Waals surface area contributed by atoms with E-state index in [2.05, 4.69) is 25.1 Å². The van der Waals surface area contributed by atoms with E-state index < -0.39 is 0 Å². The van der Waals surface area contributed by atoms with Gasteiger partial charge in [0.25, 0.3) is 0 Å². The van der Waals surface area contributed by atoms with Gasteiger partial charge >= 0.3 is 0 Å². The average Bonchev–Trinajstić information content (AvgIpc) is 3.25. The van der Waals surface area contributed by atoms with Crippen LogP contribution in [-0.2, 0) is 16.0 Å². The third kappa shape index (κ3) is 4.58. The van der Waals surface area contributed by atoms with Gasteiger partial charge in [-0.05, 0) is 37.3 Å². The van der Waals surface area contributed by atoms with Crippen molar-refractivity contribution in [3.05, 3.63) is 35.2 Å². The van der Waals surface area contributed by atoms with Crippen LogP contribution >= 0.6 is 11.3 Å². The van der Waals surface area contributed by atoms with Crippen molar-refractivity contribution in [3.63, 3.8) is 0 Å². The number of rotatable bonds is 4. The number of aryl methyl sites for hydroxylation is 1. The lowest BCUT2D eigenvalue weighted by Crippen LogP contribution is -2.50. The van der Waals surface area contributed by atoms with Gasteiger partial charge in [0.2, 0.25) is 5.91 Å². The molecule has 0 atom stereocenters. The van der Waals surface area contributed by atoms with Crippen LogP contribution in [-0.4, -0.2) is 81.3 Å². The summed E-state index contributed by atoms with van der Waals surface area (Å²) in [5, 5.41) is 11.9. The van der Waals surface area contributed by atoms with Gasteiger partial charge in [-0.2, -0.15) is 0 Å². The van der Waals surface area contributed by atoms with Crippen molar-refractivity contribution in [2.75, 3.05) is 39.4 Å². The second-order valence-corrected chi connectivity index (χ2v) is 9.34. The molecule has 0 spiro atoms. The Bertz CT molecular complexity index is 1070. The van der Waals surface area contributed by atoms with Crippen LogP contribution in [0.25, 0.3) is 21.5 Å². The molecule has 2 aliphatic heterocycles. The molecule has 5 rings (SSSR count). The maximum atomic E-state index is 12.9. The van der Waals surface area contributed by atoms with E-state index in [0.29, 0.717) is 12.5 Å². The van der Waals surface area contributed by atoms with Crippen LogP contribution in [0.1, 0.15) is 23.5 Å². The summed E-state index contributed by atoms with van der Waals surface area (Å²) in [7, 11) is 0. The number of hydrogen-bond acceptors (Lipinski definition) is 8. The number of hydrogen-bond donors (Lipinski definition) is 0. The Labute approximate surface area is 185 Å². The number of fused-ring (bicyclic) bond motifs is 1. The van der Waals surface area contributed by atoms with Gasteiger partial charge in [-0.3, -0.25) is 19.7 Å². The smallest absolute Gasteiger partial charge is 0.228 e. The normalized spacial score (nSPS) is 18.5. The van der Waals surface area contributed by atoms with E-state index in [9.17, 15) is 4.79 Å². The van der Waals surface area contributed by atoms with Gasteiger partial charge in [0.15, 0.2) is 5.01 Å². The summed E-state index contributed by atoms with van der Waals surface area (Å²) < 4.78 is 5.46. The fraction of sp³-hybridized carbons (Fsp3) is 0.500. The van der Waals surface area contributed by atoms with Gasteiger partial charge < -0.3 is 9.64 Å². The molecule has 2 fully saturated rings. The second-order valence-electron chi connectivity index (χ2n) is 8.16. The van der Waals surface area contributed by atoms with Crippen molar-refractivity contribution in [2.24, 2.45) is 0 Å². The Morgan fingerprint density at radius 3 is 2.58 bits per heavy atom. The van der Waals surface area contributed by atoms with Gasteiger partial charge in [-0.1, -0.05) is 11.3 Å². The largest absolute Gasteiger partial charge is 0.379 e. The molecule has 0 N–H and O–H groups in total. The maximum Gasteiger partial charge on any atom is 0.228 e. The Hall–Kier alpha value is -2.49. The summed E-state index contributed by atoms with van der Waals surface area (Å²) in [6.45, 7) is 7.23. The highest BCUT2D eigenvalue weighted by molar-refractivity contribution is 7.14. The molecule has 1 amide bonds. The van der Waals surface area contributed by atoms with E-state index in [0.717, 1.165) is 84.4 Å². The highest BCUT2D eigenvalue weighted by Crippen LogP contribution is 2.25. The zero-order valence-electron chi connectivity index (χ0n) is 17.7. The first-order chi connectivity index (χ1) is 15.2. The molecule has 8 nitrogen and oxygen atoms in total. The minimum Gasteiger partial charge on any atom is -0.379 e. The fourth-order valence-electron chi connectivity index (χ4n) is 4.39. The minimum absolute atomic E-state index is 0.154. The zero-order valence-corrected chi connectivity index (χ0v) is 18.5. The highest BCUT2D eigenvalue weighted by Gasteiger charge is 2.27. The molecule has 0 radical (unpaired) electrons. The molecule has 3 aromatic rings. The molecule has 2 saturated heterocycles. The summed E-state index contributed by atoms with van der Waals surface area (Å²) >= 11 is 1.52. The maximum absolute atomic E-state index is 12.9. The first kappa shape index (κ1) is 20.4. The molecule has 3 aromatic heterocycles. The molecule has 0 aliphatic carbocycles. The summed E-state index contributed by atoms with van der Waals surface area (Å²) in [4.78, 5) is 26.4. The van der Waals surface area contributed by atoms with E-state index in [-0.39, 0.29) is 5.91 Å². The van der Waals surface area contributed by atoms with E-state index in [4.69, 9.17) is 4.74 Å². The topological polar surface area (TPSA) is 84.3 Å². The summed E-state index contributed by atoms with van der Waals surface area (Å²) in [5.41, 5.74) is 1.59. The Kier molecular flexibility index (Phi) is 5.89. The standard InChI is InChI=1S/C22H26N6O2S/c1-15-25-26-22(31-15)20-11-16-10-18(23-13-17(16)14-24-20)12-21(29)28-4-2-19(3-5-28)27-6-8-30-9-7-27/h10-11,13-14,19H,2-9,12H2,1H3. The minimum atomic E-state index is 0.154. The summed E-state index contributed by atoms with van der Waals surface area (Å²) in [6, 6.07) is 4.56. The number of aromatic nitrogens is 4. The van der Waals surface area contributed by atoms with Crippen molar-refractivity contribution < 1.29 is 9.53 Å². The second kappa shape index (κ2) is 8.94. The van der Waals surface area contributed by atoms with Crippen molar-refractivity contribution in [1.29, 1.82) is 0 Å². The van der Waals surface area contributed by atoms with Crippen LogP contribution in [0.5, 0.6) is 0 Å². The lowest BCUT2D eigenvalue weighted by molar-refractivity contribution is -0.132. The third-order valence-corrected chi connectivity index (χ3v) is 6.98. The van der Waals surface area contributed by atoms with Gasteiger partial charge in [0.1, 0.15) is 10.7 Å². The number of likely N-dealkylation sites (tertiary alicyclic amines) is 1. The Balaban J connectivity index is 1.24. The van der Waals surface area contributed by atoms with Crippen LogP contribution in [0.4, 0.5) is 0 Å². The van der Waals surface area contributed by atoms with Crippen molar-refractivity contribution in [1.82, 2.24) is 30.0 Å². The van der Waals surface area contributed by atoms with Crippen LogP contribution in [0.15, 0.2) is 24.5 Å². The number of morpholine rings is 1. The molecule has 2 aliphatic rings. The van der Waals surface area contributed by atoms with E-state index in [1.54, 1.807) is 12.4 Å². The number of pyridine rings is 2. The van der Waals surface area contributed by atoms with Crippen molar-refractivity contribution in [3.8, 4) is 10.7 Å². The fourth-order valence-corrected chi connectivity index (χ4v) is 5.05. The first-order valence-corrected chi connectivity index (χ1v) is 11.6. The number of piperidine rings is 1. The number of carbonyl (C=O) groups is 1. The van der Waals surface area contributed by atoms with E-state index in [1.807, 2.05) is 24.0 Å². The Morgan fingerprint density at radius 2 is 1.84 bits per heavy atom. The molecular formula is C22H26N6O2S. The van der Waals surface area contributed by atoms with E-state index >= 15 is 0 Å². The van der Waals surface area contributed by atoms with Gasteiger partial charge in [-0.25, -0.2) is 0 Å². The molecule has 0 aromatic carbocycles. The number of carbonyl (C=O) groups excluding carboxylic acids is 1. The number of amides is 1. The predicted octanol–water partition coefficient (Wildman–Crippen LogP) is 2.32. The SMILES string of the molecule is Cc1nnc(-c2cc3cc(CC(=O)N4CCC(N5CCOCC5)CC4)ncc3cn2)s1. The van der Waals surface area contributed by atoms with Gasteiger partial charge in [-0.15, -0.1) is 10.2 Å². The third-order valence-electron chi connectivity index (χ3n) is 6.12. The number of ether oxygens (including phenoxy) is 1. The molecule has 5 heterocycles. The van der Waals surface area contributed by atoms with Crippen LogP contribution in [0.2, 0.25) is 0 Å². The lowest BCUT2D eigenvalue weighted by atomic mass is 10.0. The van der Waals surface area contributed by atoms with Gasteiger partial charge in [0.05, 0.1) is 25.3 Å². The van der Waals surface area contributed by atoms with E-state index in [1.165, 1.54) is 11.3 Å². The van der Waals surface area contributed by atoms with Crippen LogP contribution < -0.4 is 0 Å². The van der Waals surface area contributed by atoms with Crippen molar-refractivity contribution in [2.45, 2.75) is 32.2 Å². The first-order valence-electron chi connectivity index (χ1n) is 10.8. The monoisotopic (exact) mass is 438 g/mol. The Morgan fingerprint density at radius 1 is 1.06 bits per heavy atom. The number of nitrogens with zero attached hydrogens (tertiary/aromatic N) is 6. The molecule has 0 saturated carbocycles. The summed E-state index contributed by atoms with van der Waals surface area (Å²) in [6.07, 6.45) is 6.00. The molecular weight excluding hydrogens is 412 g/mol. The lowest BCUT2D eigenvalue weighted by Gasteiger charge is -2.40. The van der Waals surface area contributed by atoms with Crippen LogP contribution in [0, 0.1) is 6.92 Å². The summed E-state index contributed by atoms with van der Waals surface area (Å²) in [5.74, 6) is 0.154. The molecule has 0 bridgehead atoms.